The summed E-state index contributed by atoms with van der Waals surface area (Å²) in [5.74, 6) is -0.954. The lowest BCUT2D eigenvalue weighted by Gasteiger charge is -2.00. The van der Waals surface area contributed by atoms with E-state index in [1.165, 1.54) is 6.92 Å². The third-order valence-corrected chi connectivity index (χ3v) is 3.88. The minimum absolute atomic E-state index is 0.127. The first-order valence-corrected chi connectivity index (χ1v) is 6.48. The van der Waals surface area contributed by atoms with Crippen LogP contribution in [0.1, 0.15) is 39.7 Å². The number of esters is 1. The second-order valence-electron chi connectivity index (χ2n) is 3.93. The van der Waals surface area contributed by atoms with Gasteiger partial charge < -0.3 is 9.72 Å². The van der Waals surface area contributed by atoms with Crippen molar-refractivity contribution < 1.29 is 14.3 Å². The maximum absolute atomic E-state index is 12.0. The minimum atomic E-state index is -0.683. The average molecular weight is 280 g/mol. The van der Waals surface area contributed by atoms with Gasteiger partial charge in [-0.15, -0.1) is 11.3 Å². The van der Waals surface area contributed by atoms with E-state index in [2.05, 4.69) is 9.97 Å². The molecular formula is C12H12N2O4S. The molecule has 0 radical (unpaired) electrons. The number of ether oxygens (including phenoxy) is 1. The number of hydrogen-bond acceptors (Lipinski definition) is 6. The quantitative estimate of drug-likeness (QED) is 0.682. The summed E-state index contributed by atoms with van der Waals surface area (Å²) in [6.45, 7) is 4.98. The third kappa shape index (κ3) is 2.28. The molecule has 0 aromatic carbocycles. The number of thiophene rings is 1. The summed E-state index contributed by atoms with van der Waals surface area (Å²) < 4.78 is 4.78. The number of carbonyl (C=O) groups is 2. The van der Waals surface area contributed by atoms with Gasteiger partial charge in [-0.1, -0.05) is 0 Å². The molecule has 1 N–H and O–H groups in total. The van der Waals surface area contributed by atoms with Gasteiger partial charge in [0.1, 0.15) is 4.83 Å². The average Bonchev–Trinajstić information content (AvgIpc) is 2.67. The van der Waals surface area contributed by atoms with Gasteiger partial charge >= 0.3 is 5.97 Å². The van der Waals surface area contributed by atoms with Crippen LogP contribution in [0.3, 0.4) is 0 Å². The van der Waals surface area contributed by atoms with Gasteiger partial charge in [0.25, 0.3) is 5.56 Å². The van der Waals surface area contributed by atoms with E-state index >= 15 is 0 Å². The number of aromatic amines is 1. The Kier molecular flexibility index (Phi) is 3.48. The molecule has 2 rings (SSSR count). The Labute approximate surface area is 112 Å². The molecule has 6 nitrogen and oxygen atoms in total. The van der Waals surface area contributed by atoms with Crippen molar-refractivity contribution in [1.82, 2.24) is 9.97 Å². The van der Waals surface area contributed by atoms with Crippen molar-refractivity contribution in [2.24, 2.45) is 0 Å². The van der Waals surface area contributed by atoms with Gasteiger partial charge in [0.15, 0.2) is 5.78 Å². The van der Waals surface area contributed by atoms with Crippen LogP contribution in [-0.4, -0.2) is 28.3 Å². The van der Waals surface area contributed by atoms with Gasteiger partial charge in [-0.25, -0.2) is 9.78 Å². The summed E-state index contributed by atoms with van der Waals surface area (Å²) in [6.07, 6.45) is 0. The van der Waals surface area contributed by atoms with Crippen LogP contribution in [0.15, 0.2) is 4.79 Å². The van der Waals surface area contributed by atoms with E-state index in [-0.39, 0.29) is 18.2 Å². The number of rotatable bonds is 3. The Bertz CT molecular complexity index is 729. The monoisotopic (exact) mass is 280 g/mol. The van der Waals surface area contributed by atoms with Gasteiger partial charge in [-0.05, 0) is 26.3 Å². The molecule has 0 saturated carbocycles. The van der Waals surface area contributed by atoms with Crippen molar-refractivity contribution in [2.75, 3.05) is 6.61 Å². The van der Waals surface area contributed by atoms with Crippen molar-refractivity contribution in [3.8, 4) is 0 Å². The smallest absolute Gasteiger partial charge is 0.374 e. The Morgan fingerprint density at radius 2 is 2.11 bits per heavy atom. The maximum atomic E-state index is 12.0. The van der Waals surface area contributed by atoms with Crippen LogP contribution in [0.4, 0.5) is 0 Å². The second-order valence-corrected chi connectivity index (χ2v) is 4.93. The van der Waals surface area contributed by atoms with Gasteiger partial charge in [-0.2, -0.15) is 0 Å². The summed E-state index contributed by atoms with van der Waals surface area (Å²) in [6, 6.07) is 0. The molecule has 19 heavy (non-hydrogen) atoms. The first-order valence-electron chi connectivity index (χ1n) is 5.67. The molecular weight excluding hydrogens is 268 g/mol. The minimum Gasteiger partial charge on any atom is -0.460 e. The number of Topliss-reactive ketones (excluding diaryl/α,β-unsaturated/α-hetero) is 1. The lowest BCUT2D eigenvalue weighted by molar-refractivity contribution is 0.0512. The Hall–Kier alpha value is -2.02. The largest absolute Gasteiger partial charge is 0.460 e. The van der Waals surface area contributed by atoms with Crippen molar-refractivity contribution in [1.29, 1.82) is 0 Å². The van der Waals surface area contributed by atoms with Crippen molar-refractivity contribution >= 4 is 33.3 Å². The highest BCUT2D eigenvalue weighted by atomic mass is 32.1. The van der Waals surface area contributed by atoms with Gasteiger partial charge in [-0.3, -0.25) is 9.59 Å². The van der Waals surface area contributed by atoms with Crippen molar-refractivity contribution in [3.05, 3.63) is 26.6 Å². The molecule has 100 valence electrons. The van der Waals surface area contributed by atoms with Crippen LogP contribution in [0, 0.1) is 6.92 Å². The van der Waals surface area contributed by atoms with Crippen LogP contribution in [-0.2, 0) is 4.74 Å². The standard InChI is InChI=1S/C12H12N2O4S/c1-4-18-12(17)9-13-10(16)7-5(2)8(6(3)15)19-11(7)14-9/h4H2,1-3H3,(H,13,14,16). The Morgan fingerprint density at radius 1 is 1.42 bits per heavy atom. The molecule has 0 aliphatic heterocycles. The zero-order valence-corrected chi connectivity index (χ0v) is 11.5. The van der Waals surface area contributed by atoms with Crippen molar-refractivity contribution in [3.63, 3.8) is 0 Å². The van der Waals surface area contributed by atoms with Gasteiger partial charge in [0, 0.05) is 0 Å². The number of ketones is 1. The lowest BCUT2D eigenvalue weighted by atomic mass is 10.2. The number of H-pyrrole nitrogens is 1. The highest BCUT2D eigenvalue weighted by molar-refractivity contribution is 7.20. The van der Waals surface area contributed by atoms with Crippen LogP contribution < -0.4 is 5.56 Å². The number of aromatic nitrogens is 2. The molecule has 0 aliphatic carbocycles. The summed E-state index contributed by atoms with van der Waals surface area (Å²) in [4.78, 5) is 42.2. The number of nitrogens with zero attached hydrogens (tertiary/aromatic N) is 1. The zero-order valence-electron chi connectivity index (χ0n) is 10.7. The molecule has 0 bridgehead atoms. The second kappa shape index (κ2) is 4.93. The van der Waals surface area contributed by atoms with Gasteiger partial charge in [0.2, 0.25) is 5.82 Å². The van der Waals surface area contributed by atoms with E-state index in [9.17, 15) is 14.4 Å². The number of aryl methyl sites for hydroxylation is 1. The molecule has 0 saturated heterocycles. The molecule has 7 heteroatoms. The first kappa shape index (κ1) is 13.4. The lowest BCUT2D eigenvalue weighted by Crippen LogP contribution is -2.17. The maximum Gasteiger partial charge on any atom is 0.374 e. The molecule has 2 aromatic heterocycles. The molecule has 0 amide bonds. The summed E-state index contributed by atoms with van der Waals surface area (Å²) in [5, 5.41) is 0.350. The van der Waals surface area contributed by atoms with E-state index in [0.29, 0.717) is 20.7 Å². The molecule has 0 spiro atoms. The highest BCUT2D eigenvalue weighted by Crippen LogP contribution is 2.27. The van der Waals surface area contributed by atoms with E-state index in [1.807, 2.05) is 0 Å². The number of nitrogens with one attached hydrogen (secondary N) is 1. The molecule has 0 aliphatic rings. The normalized spacial score (nSPS) is 10.7. The Balaban J connectivity index is 2.68. The fraction of sp³-hybridized carbons (Fsp3) is 0.333. The first-order chi connectivity index (χ1) is 8.95. The summed E-state index contributed by atoms with van der Waals surface area (Å²) in [7, 11) is 0. The SMILES string of the molecule is CCOC(=O)c1nc2sc(C(C)=O)c(C)c2c(=O)[nH]1. The van der Waals surface area contributed by atoms with Gasteiger partial charge in [0.05, 0.1) is 16.9 Å². The molecule has 2 aromatic rings. The summed E-state index contributed by atoms with van der Waals surface area (Å²) >= 11 is 1.11. The van der Waals surface area contributed by atoms with Crippen LogP contribution in [0.25, 0.3) is 10.2 Å². The predicted molar refractivity (Wildman–Crippen MR) is 70.9 cm³/mol. The molecule has 0 fully saturated rings. The summed E-state index contributed by atoms with van der Waals surface area (Å²) in [5.41, 5.74) is 0.158. The Morgan fingerprint density at radius 3 is 2.68 bits per heavy atom. The fourth-order valence-corrected chi connectivity index (χ4v) is 2.85. The van der Waals surface area contributed by atoms with Crippen molar-refractivity contribution in [2.45, 2.75) is 20.8 Å². The topological polar surface area (TPSA) is 89.1 Å². The number of fused-ring (bicyclic) bond motifs is 1. The third-order valence-electron chi connectivity index (χ3n) is 2.59. The number of carbonyl (C=O) groups excluding carboxylic acids is 2. The van der Waals surface area contributed by atoms with E-state index in [4.69, 9.17) is 4.74 Å². The van der Waals surface area contributed by atoms with E-state index in [1.54, 1.807) is 13.8 Å². The predicted octanol–water partition coefficient (Wildman–Crippen LogP) is 1.67. The highest BCUT2D eigenvalue weighted by Gasteiger charge is 2.19. The van der Waals surface area contributed by atoms with Crippen LogP contribution in [0.2, 0.25) is 0 Å². The van der Waals surface area contributed by atoms with E-state index in [0.717, 1.165) is 11.3 Å². The van der Waals surface area contributed by atoms with Crippen LogP contribution >= 0.6 is 11.3 Å². The van der Waals surface area contributed by atoms with Crippen LogP contribution in [0.5, 0.6) is 0 Å². The molecule has 0 atom stereocenters. The molecule has 2 heterocycles. The molecule has 0 unspecified atom stereocenters. The number of hydrogen-bond donors (Lipinski definition) is 1. The zero-order chi connectivity index (χ0) is 14.2. The van der Waals surface area contributed by atoms with E-state index < -0.39 is 11.5 Å². The fourth-order valence-electron chi connectivity index (χ4n) is 1.78.